The van der Waals surface area contributed by atoms with E-state index in [1.54, 1.807) is 0 Å². The molecular weight excluding hydrogens is 230 g/mol. The zero-order valence-corrected chi connectivity index (χ0v) is 13.0. The molecule has 1 heterocycles. The second kappa shape index (κ2) is 10.1. The lowest BCUT2D eigenvalue weighted by Gasteiger charge is -2.26. The number of piperidine rings is 1. The third-order valence-corrected chi connectivity index (χ3v) is 5.17. The topological polar surface area (TPSA) is 21.7 Å². The van der Waals surface area contributed by atoms with Crippen molar-refractivity contribution in [3.8, 4) is 0 Å². The molecule has 0 spiro atoms. The monoisotopic (exact) mass is 259 g/mol. The summed E-state index contributed by atoms with van der Waals surface area (Å²) < 4.78 is 11.2. The van der Waals surface area contributed by atoms with Crippen LogP contribution in [-0.4, -0.2) is 53.2 Å². The van der Waals surface area contributed by atoms with Crippen molar-refractivity contribution in [1.29, 1.82) is 0 Å². The predicted octanol–water partition coefficient (Wildman–Crippen LogP) is 1.81. The van der Waals surface area contributed by atoms with Gasteiger partial charge in [-0.3, -0.25) is 0 Å². The van der Waals surface area contributed by atoms with Gasteiger partial charge in [-0.05, 0) is 52.7 Å². The molecule has 4 heteroatoms. The van der Waals surface area contributed by atoms with Gasteiger partial charge >= 0.3 is 0 Å². The van der Waals surface area contributed by atoms with E-state index in [0.717, 1.165) is 13.2 Å². The molecule has 0 aromatic carbocycles. The molecule has 0 amide bonds. The van der Waals surface area contributed by atoms with E-state index in [9.17, 15) is 0 Å². The van der Waals surface area contributed by atoms with Gasteiger partial charge in [0.25, 0.3) is 0 Å². The van der Waals surface area contributed by atoms with Crippen LogP contribution in [0.15, 0.2) is 0 Å². The van der Waals surface area contributed by atoms with Gasteiger partial charge in [-0.25, -0.2) is 0 Å². The third-order valence-electron chi connectivity index (χ3n) is 3.32. The fourth-order valence-electron chi connectivity index (χ4n) is 2.42. The summed E-state index contributed by atoms with van der Waals surface area (Å²) in [6.45, 7) is 9.59. The van der Waals surface area contributed by atoms with Gasteiger partial charge in [0.15, 0.2) is 0 Å². The molecule has 1 saturated heterocycles. The van der Waals surface area contributed by atoms with Crippen LogP contribution in [0.25, 0.3) is 0 Å². The molecular formula is C13H29NO2Si. The number of likely N-dealkylation sites (tertiary alicyclic amines) is 1. The lowest BCUT2D eigenvalue weighted by molar-refractivity contribution is -0.0828. The number of nitrogens with zero attached hydrogens (tertiary/aromatic N) is 1. The van der Waals surface area contributed by atoms with Gasteiger partial charge in [-0.15, -0.1) is 0 Å². The zero-order valence-electron chi connectivity index (χ0n) is 11.6. The van der Waals surface area contributed by atoms with Crippen LogP contribution in [0, 0.1) is 0 Å². The average Bonchev–Trinajstić information content (AvgIpc) is 2.36. The third kappa shape index (κ3) is 7.19. The van der Waals surface area contributed by atoms with Crippen LogP contribution in [0.5, 0.6) is 0 Å². The summed E-state index contributed by atoms with van der Waals surface area (Å²) in [5.41, 5.74) is 0. The lowest BCUT2D eigenvalue weighted by Crippen LogP contribution is -2.31. The Bertz CT molecular complexity index is 169. The van der Waals surface area contributed by atoms with E-state index in [4.69, 9.17) is 9.47 Å². The highest BCUT2D eigenvalue weighted by atomic mass is 28.2. The largest absolute Gasteiger partial charge is 0.357 e. The van der Waals surface area contributed by atoms with Crippen LogP contribution in [-0.2, 0) is 9.47 Å². The van der Waals surface area contributed by atoms with Gasteiger partial charge in [0.1, 0.15) is 5.91 Å². The first-order valence-electron chi connectivity index (χ1n) is 7.32. The van der Waals surface area contributed by atoms with E-state index < -0.39 is 0 Å². The molecule has 0 aromatic rings. The molecule has 0 atom stereocenters. The minimum Gasteiger partial charge on any atom is -0.357 e. The summed E-state index contributed by atoms with van der Waals surface area (Å²) in [6, 6.07) is 1.35. The predicted molar refractivity (Wildman–Crippen MR) is 75.3 cm³/mol. The van der Waals surface area contributed by atoms with E-state index in [0.29, 0.717) is 0 Å². The zero-order chi connectivity index (χ0) is 12.3. The van der Waals surface area contributed by atoms with Crippen LogP contribution in [0.2, 0.25) is 6.04 Å². The molecule has 1 aliphatic heterocycles. The Morgan fingerprint density at radius 1 is 1.06 bits per heavy atom. The second-order valence-electron chi connectivity index (χ2n) is 4.74. The molecule has 0 N–H and O–H groups in total. The van der Waals surface area contributed by atoms with Crippen molar-refractivity contribution in [2.75, 3.05) is 32.8 Å². The summed E-state index contributed by atoms with van der Waals surface area (Å²) in [5.74, 6) is 0.159. The van der Waals surface area contributed by atoms with E-state index >= 15 is 0 Å². The Hall–Kier alpha value is 0.0969. The molecule has 17 heavy (non-hydrogen) atoms. The maximum absolute atomic E-state index is 5.60. The molecule has 102 valence electrons. The van der Waals surface area contributed by atoms with Crippen LogP contribution >= 0.6 is 0 Å². The lowest BCUT2D eigenvalue weighted by atomic mass is 10.1. The van der Waals surface area contributed by atoms with Gasteiger partial charge in [0.05, 0.1) is 9.52 Å². The molecule has 0 bridgehead atoms. The first kappa shape index (κ1) is 15.2. The molecule has 0 aromatic heterocycles. The average molecular weight is 259 g/mol. The van der Waals surface area contributed by atoms with Crippen molar-refractivity contribution in [1.82, 2.24) is 4.90 Å². The maximum atomic E-state index is 5.60. The Labute approximate surface area is 109 Å². The second-order valence-corrected chi connectivity index (χ2v) is 6.69. The summed E-state index contributed by atoms with van der Waals surface area (Å²) in [6.07, 6.45) is 5.57. The minimum atomic E-state index is -0.214. The van der Waals surface area contributed by atoms with Gasteiger partial charge in [-0.2, -0.15) is 0 Å². The highest BCUT2D eigenvalue weighted by molar-refractivity contribution is 6.36. The molecule has 1 rings (SSSR count). The highest BCUT2D eigenvalue weighted by Crippen LogP contribution is 2.09. The first-order valence-corrected chi connectivity index (χ1v) is 9.14. The van der Waals surface area contributed by atoms with Crippen molar-refractivity contribution in [3.63, 3.8) is 0 Å². The Morgan fingerprint density at radius 2 is 1.71 bits per heavy atom. The van der Waals surface area contributed by atoms with Crippen LogP contribution in [0.4, 0.5) is 0 Å². The van der Waals surface area contributed by atoms with Crippen molar-refractivity contribution in [2.45, 2.75) is 51.5 Å². The van der Waals surface area contributed by atoms with E-state index in [1.807, 2.05) is 13.8 Å². The van der Waals surface area contributed by atoms with Gasteiger partial charge in [0, 0.05) is 13.2 Å². The van der Waals surface area contributed by atoms with Crippen molar-refractivity contribution < 1.29 is 9.47 Å². The normalized spacial score (nSPS) is 18.5. The van der Waals surface area contributed by atoms with Gasteiger partial charge in [0.2, 0.25) is 0 Å². The summed E-state index contributed by atoms with van der Waals surface area (Å²) >= 11 is 0. The summed E-state index contributed by atoms with van der Waals surface area (Å²) in [7, 11) is -0.214. The minimum absolute atomic E-state index is 0.159. The quantitative estimate of drug-likeness (QED) is 0.358. The van der Waals surface area contributed by atoms with Crippen LogP contribution in [0.3, 0.4) is 0 Å². The van der Waals surface area contributed by atoms with Crippen molar-refractivity contribution in [3.05, 3.63) is 0 Å². The molecule has 0 unspecified atom stereocenters. The van der Waals surface area contributed by atoms with Crippen molar-refractivity contribution >= 4 is 9.52 Å². The number of ether oxygens (including phenoxy) is 2. The fourth-order valence-corrected chi connectivity index (χ4v) is 4.07. The fraction of sp³-hybridized carbons (Fsp3) is 1.00. The molecule has 3 nitrogen and oxygen atoms in total. The first-order chi connectivity index (χ1) is 8.36. The summed E-state index contributed by atoms with van der Waals surface area (Å²) in [4.78, 5) is 2.62. The smallest absolute Gasteiger partial charge is 0.134 e. The number of hydrogen-bond acceptors (Lipinski definition) is 3. The van der Waals surface area contributed by atoms with E-state index in [2.05, 4.69) is 4.90 Å². The van der Waals surface area contributed by atoms with E-state index in [1.165, 1.54) is 51.4 Å². The maximum Gasteiger partial charge on any atom is 0.134 e. The standard InChI is InChI=1S/C13H29NO2Si/c1-3-15-13(16-4-2)17-12-8-11-14-9-6-5-7-10-14/h13H,3-12,17H2,1-2H3. The molecule has 1 fully saturated rings. The number of hydrogen-bond donors (Lipinski definition) is 0. The SMILES string of the molecule is CCOC(OCC)[SiH2]CCCN1CCCCC1. The van der Waals surface area contributed by atoms with Crippen molar-refractivity contribution in [2.24, 2.45) is 0 Å². The van der Waals surface area contributed by atoms with Crippen LogP contribution in [0.1, 0.15) is 39.5 Å². The molecule has 0 saturated carbocycles. The summed E-state index contributed by atoms with van der Waals surface area (Å²) in [5, 5.41) is 0. The molecule has 0 radical (unpaired) electrons. The van der Waals surface area contributed by atoms with E-state index in [-0.39, 0.29) is 15.4 Å². The Balaban J connectivity index is 2.00. The Morgan fingerprint density at radius 3 is 2.29 bits per heavy atom. The molecule has 1 aliphatic rings. The van der Waals surface area contributed by atoms with Gasteiger partial charge in [-0.1, -0.05) is 12.5 Å². The molecule has 0 aliphatic carbocycles. The Kier molecular flexibility index (Phi) is 8.97. The number of rotatable bonds is 9. The van der Waals surface area contributed by atoms with Gasteiger partial charge < -0.3 is 14.4 Å². The highest BCUT2D eigenvalue weighted by Gasteiger charge is 2.11. The van der Waals surface area contributed by atoms with Crippen LogP contribution < -0.4 is 0 Å².